The van der Waals surface area contributed by atoms with Crippen molar-refractivity contribution in [1.29, 1.82) is 0 Å². The molecule has 0 radical (unpaired) electrons. The molecule has 7 heteroatoms. The normalized spacial score (nSPS) is 14.5. The summed E-state index contributed by atoms with van der Waals surface area (Å²) in [4.78, 5) is 14.6. The van der Waals surface area contributed by atoms with Gasteiger partial charge < -0.3 is 4.90 Å². The van der Waals surface area contributed by atoms with Crippen LogP contribution < -0.4 is 4.90 Å². The molecule has 0 amide bonds. The summed E-state index contributed by atoms with van der Waals surface area (Å²) in [5.74, 6) is 1.05. The van der Waals surface area contributed by atoms with Gasteiger partial charge in [-0.15, -0.1) is 0 Å². The van der Waals surface area contributed by atoms with Crippen LogP contribution in [0.2, 0.25) is 0 Å². The molecule has 0 aliphatic carbocycles. The summed E-state index contributed by atoms with van der Waals surface area (Å²) >= 11 is 1.77. The van der Waals surface area contributed by atoms with Gasteiger partial charge in [0.25, 0.3) is 0 Å². The summed E-state index contributed by atoms with van der Waals surface area (Å²) in [5, 5.41) is 5.55. The summed E-state index contributed by atoms with van der Waals surface area (Å²) in [7, 11) is 2.02. The molecule has 19 heavy (non-hydrogen) atoms. The van der Waals surface area contributed by atoms with Gasteiger partial charge in [-0.3, -0.25) is 4.99 Å². The highest BCUT2D eigenvalue weighted by molar-refractivity contribution is 8.14. The van der Waals surface area contributed by atoms with Crippen molar-refractivity contribution in [2.24, 2.45) is 4.99 Å². The number of thioether (sulfide) groups is 1. The van der Waals surface area contributed by atoms with Crippen LogP contribution in [-0.4, -0.2) is 44.3 Å². The molecule has 0 fully saturated rings. The molecule has 0 saturated carbocycles. The molecule has 0 saturated heterocycles. The zero-order valence-corrected chi connectivity index (χ0v) is 11.6. The molecule has 2 aromatic heterocycles. The third-order valence-electron chi connectivity index (χ3n) is 2.90. The molecular formula is C12H14N6S. The fourth-order valence-electron chi connectivity index (χ4n) is 1.95. The van der Waals surface area contributed by atoms with Crippen molar-refractivity contribution in [3.8, 4) is 5.69 Å². The third kappa shape index (κ3) is 2.33. The van der Waals surface area contributed by atoms with E-state index in [2.05, 4.69) is 25.0 Å². The van der Waals surface area contributed by atoms with Gasteiger partial charge in [0.05, 0.1) is 36.5 Å². The lowest BCUT2D eigenvalue weighted by Gasteiger charge is -2.16. The van der Waals surface area contributed by atoms with Crippen LogP contribution in [0.25, 0.3) is 5.69 Å². The van der Waals surface area contributed by atoms with Crippen LogP contribution in [0.1, 0.15) is 5.69 Å². The average molecular weight is 274 g/mol. The molecule has 3 rings (SSSR count). The third-order valence-corrected chi connectivity index (χ3v) is 3.95. The Bertz CT molecular complexity index is 606. The molecule has 0 bridgehead atoms. The van der Waals surface area contributed by atoms with Gasteiger partial charge >= 0.3 is 0 Å². The largest absolute Gasteiger partial charge is 0.321 e. The SMILES string of the molecule is Cc1nn(-c2cncnc2)cc1N(C)C1=NCCS1. The van der Waals surface area contributed by atoms with Gasteiger partial charge in [0.1, 0.15) is 12.0 Å². The van der Waals surface area contributed by atoms with E-state index in [9.17, 15) is 0 Å². The van der Waals surface area contributed by atoms with Crippen LogP contribution >= 0.6 is 11.8 Å². The van der Waals surface area contributed by atoms with Gasteiger partial charge in [-0.05, 0) is 6.92 Å². The molecule has 2 aromatic rings. The van der Waals surface area contributed by atoms with Gasteiger partial charge in [0.2, 0.25) is 0 Å². The number of aromatic nitrogens is 4. The van der Waals surface area contributed by atoms with Crippen LogP contribution in [-0.2, 0) is 0 Å². The first-order chi connectivity index (χ1) is 9.25. The van der Waals surface area contributed by atoms with Gasteiger partial charge in [0.15, 0.2) is 5.17 Å². The summed E-state index contributed by atoms with van der Waals surface area (Å²) in [5.41, 5.74) is 2.87. The molecular weight excluding hydrogens is 260 g/mol. The molecule has 3 heterocycles. The maximum Gasteiger partial charge on any atom is 0.163 e. The van der Waals surface area contributed by atoms with Crippen LogP contribution in [0.3, 0.4) is 0 Å². The van der Waals surface area contributed by atoms with Crippen molar-refractivity contribution in [2.45, 2.75) is 6.92 Å². The summed E-state index contributed by atoms with van der Waals surface area (Å²) in [6, 6.07) is 0. The Labute approximate surface area is 115 Å². The molecule has 0 unspecified atom stereocenters. The van der Waals surface area contributed by atoms with Gasteiger partial charge in [-0.25, -0.2) is 14.6 Å². The second-order valence-corrected chi connectivity index (χ2v) is 5.27. The Morgan fingerprint density at radius 3 is 2.79 bits per heavy atom. The molecule has 98 valence electrons. The molecule has 1 aliphatic rings. The maximum atomic E-state index is 4.50. The maximum absolute atomic E-state index is 4.50. The molecule has 0 aromatic carbocycles. The lowest BCUT2D eigenvalue weighted by atomic mass is 10.4. The summed E-state index contributed by atoms with van der Waals surface area (Å²) in [6.07, 6.45) is 6.97. The first kappa shape index (κ1) is 12.2. The smallest absolute Gasteiger partial charge is 0.163 e. The lowest BCUT2D eigenvalue weighted by Crippen LogP contribution is -2.22. The lowest BCUT2D eigenvalue weighted by molar-refractivity contribution is 0.848. The standard InChI is InChI=1S/C12H14N6S/c1-9-11(17(2)12-15-3-4-19-12)7-18(16-9)10-5-13-8-14-6-10/h5-8H,3-4H2,1-2H3. The van der Waals surface area contributed by atoms with Gasteiger partial charge in [0, 0.05) is 12.8 Å². The molecule has 1 aliphatic heterocycles. The number of aryl methyl sites for hydroxylation is 1. The quantitative estimate of drug-likeness (QED) is 0.831. The first-order valence-corrected chi connectivity index (χ1v) is 6.97. The minimum atomic E-state index is 0.853. The van der Waals surface area contributed by atoms with Crippen LogP contribution in [0.5, 0.6) is 0 Å². The minimum absolute atomic E-state index is 0.853. The highest BCUT2D eigenvalue weighted by Crippen LogP contribution is 2.24. The van der Waals surface area contributed by atoms with Gasteiger partial charge in [-0.2, -0.15) is 5.10 Å². The Morgan fingerprint density at radius 1 is 1.32 bits per heavy atom. The van der Waals surface area contributed by atoms with Gasteiger partial charge in [-0.1, -0.05) is 11.8 Å². The van der Waals surface area contributed by atoms with E-state index >= 15 is 0 Å². The number of aliphatic imine (C=N–C) groups is 1. The van der Waals surface area contributed by atoms with Crippen molar-refractivity contribution in [1.82, 2.24) is 19.7 Å². The van der Waals surface area contributed by atoms with Crippen LogP contribution in [0.15, 0.2) is 29.9 Å². The highest BCUT2D eigenvalue weighted by Gasteiger charge is 2.18. The zero-order chi connectivity index (χ0) is 13.2. The Hall–Kier alpha value is -1.89. The zero-order valence-electron chi connectivity index (χ0n) is 10.8. The van der Waals surface area contributed by atoms with E-state index in [4.69, 9.17) is 0 Å². The van der Waals surface area contributed by atoms with E-state index in [1.807, 2.05) is 20.2 Å². The van der Waals surface area contributed by atoms with Crippen molar-refractivity contribution in [2.75, 3.05) is 24.2 Å². The predicted molar refractivity (Wildman–Crippen MR) is 77.1 cm³/mol. The Kier molecular flexibility index (Phi) is 3.20. The minimum Gasteiger partial charge on any atom is -0.321 e. The van der Waals surface area contributed by atoms with Crippen molar-refractivity contribution in [3.63, 3.8) is 0 Å². The highest BCUT2D eigenvalue weighted by atomic mass is 32.2. The summed E-state index contributed by atoms with van der Waals surface area (Å²) < 4.78 is 1.79. The number of nitrogens with zero attached hydrogens (tertiary/aromatic N) is 6. The van der Waals surface area contributed by atoms with Crippen molar-refractivity contribution in [3.05, 3.63) is 30.6 Å². The van der Waals surface area contributed by atoms with E-state index in [-0.39, 0.29) is 0 Å². The monoisotopic (exact) mass is 274 g/mol. The van der Waals surface area contributed by atoms with Crippen LogP contribution in [0, 0.1) is 6.92 Å². The van der Waals surface area contributed by atoms with E-state index in [1.165, 1.54) is 6.33 Å². The number of anilines is 1. The Balaban J connectivity index is 1.93. The number of amidine groups is 1. The fraction of sp³-hybridized carbons (Fsp3) is 0.333. The van der Waals surface area contributed by atoms with E-state index in [0.717, 1.165) is 34.5 Å². The molecule has 0 atom stereocenters. The second-order valence-electron chi connectivity index (χ2n) is 4.21. The molecule has 0 spiro atoms. The van der Waals surface area contributed by atoms with E-state index in [0.29, 0.717) is 0 Å². The predicted octanol–water partition coefficient (Wildman–Crippen LogP) is 1.51. The second kappa shape index (κ2) is 5.00. The van der Waals surface area contributed by atoms with E-state index in [1.54, 1.807) is 28.8 Å². The van der Waals surface area contributed by atoms with Crippen molar-refractivity contribution < 1.29 is 0 Å². The number of hydrogen-bond donors (Lipinski definition) is 0. The fourth-order valence-corrected chi connectivity index (χ4v) is 2.79. The number of rotatable bonds is 2. The summed E-state index contributed by atoms with van der Waals surface area (Å²) in [6.45, 7) is 2.89. The van der Waals surface area contributed by atoms with Crippen LogP contribution in [0.4, 0.5) is 5.69 Å². The van der Waals surface area contributed by atoms with E-state index < -0.39 is 0 Å². The molecule has 6 nitrogen and oxygen atoms in total. The topological polar surface area (TPSA) is 59.2 Å². The Morgan fingerprint density at radius 2 is 2.11 bits per heavy atom. The number of hydrogen-bond acceptors (Lipinski definition) is 6. The first-order valence-electron chi connectivity index (χ1n) is 5.98. The van der Waals surface area contributed by atoms with Crippen molar-refractivity contribution >= 4 is 22.6 Å². The molecule has 0 N–H and O–H groups in total. The average Bonchev–Trinajstić information content (AvgIpc) is 3.08.